The maximum absolute atomic E-state index is 6.25. The van der Waals surface area contributed by atoms with Crippen molar-refractivity contribution in [3.8, 4) is 0 Å². The number of nitrogens with one attached hydrogen (secondary N) is 1. The zero-order chi connectivity index (χ0) is 16.4. The molecule has 0 saturated carbocycles. The highest BCUT2D eigenvalue weighted by Gasteiger charge is 2.22. The molecule has 2 heteroatoms. The molecule has 24 heavy (non-hydrogen) atoms. The van der Waals surface area contributed by atoms with Crippen molar-refractivity contribution < 1.29 is 0 Å². The van der Waals surface area contributed by atoms with Crippen molar-refractivity contribution >= 4 is 23.5 Å². The summed E-state index contributed by atoms with van der Waals surface area (Å²) in [5.74, 6) is 0. The SMILES string of the molecule is Nc1cc2c(cc1/C=C/c1ccccc1)C[C@H](c1ccccc1)N2. The number of nitrogens with two attached hydrogens (primary N) is 1. The second-order valence-corrected chi connectivity index (χ2v) is 6.19. The Hall–Kier alpha value is -3.00. The molecule has 0 unspecified atom stereocenters. The predicted molar refractivity (Wildman–Crippen MR) is 103 cm³/mol. The first-order valence-electron chi connectivity index (χ1n) is 8.26. The van der Waals surface area contributed by atoms with E-state index in [-0.39, 0.29) is 0 Å². The van der Waals surface area contributed by atoms with Crippen LogP contribution in [0, 0.1) is 0 Å². The van der Waals surface area contributed by atoms with Gasteiger partial charge in [0.15, 0.2) is 0 Å². The summed E-state index contributed by atoms with van der Waals surface area (Å²) in [5.41, 5.74) is 13.1. The number of hydrogen-bond donors (Lipinski definition) is 2. The molecule has 0 radical (unpaired) electrons. The van der Waals surface area contributed by atoms with Crippen molar-refractivity contribution in [1.82, 2.24) is 0 Å². The number of rotatable bonds is 3. The van der Waals surface area contributed by atoms with Gasteiger partial charge in [-0.15, -0.1) is 0 Å². The van der Waals surface area contributed by atoms with E-state index < -0.39 is 0 Å². The molecule has 118 valence electrons. The number of benzene rings is 3. The summed E-state index contributed by atoms with van der Waals surface area (Å²) in [6, 6.07) is 25.4. The predicted octanol–water partition coefficient (Wildman–Crippen LogP) is 5.15. The summed E-state index contributed by atoms with van der Waals surface area (Å²) in [6.07, 6.45) is 5.20. The van der Waals surface area contributed by atoms with E-state index in [2.05, 4.69) is 72.1 Å². The molecule has 0 saturated heterocycles. The van der Waals surface area contributed by atoms with Crippen LogP contribution in [-0.4, -0.2) is 0 Å². The molecule has 0 fully saturated rings. The Bertz CT molecular complexity index is 867. The summed E-state index contributed by atoms with van der Waals surface area (Å²) in [6.45, 7) is 0. The summed E-state index contributed by atoms with van der Waals surface area (Å²) < 4.78 is 0. The van der Waals surface area contributed by atoms with Crippen LogP contribution < -0.4 is 11.1 Å². The normalized spacial score (nSPS) is 16.1. The minimum Gasteiger partial charge on any atom is -0.398 e. The number of nitrogen functional groups attached to an aromatic ring is 1. The topological polar surface area (TPSA) is 38.0 Å². The molecule has 3 aromatic carbocycles. The van der Waals surface area contributed by atoms with Crippen LogP contribution in [-0.2, 0) is 6.42 Å². The van der Waals surface area contributed by atoms with Crippen LogP contribution in [0.25, 0.3) is 12.2 Å². The van der Waals surface area contributed by atoms with Crippen LogP contribution in [0.3, 0.4) is 0 Å². The molecule has 0 aliphatic carbocycles. The van der Waals surface area contributed by atoms with Crippen molar-refractivity contribution in [3.63, 3.8) is 0 Å². The first kappa shape index (κ1) is 14.6. The van der Waals surface area contributed by atoms with E-state index in [1.54, 1.807) is 0 Å². The van der Waals surface area contributed by atoms with Crippen molar-refractivity contribution in [1.29, 1.82) is 0 Å². The van der Waals surface area contributed by atoms with Gasteiger partial charge in [-0.1, -0.05) is 72.8 Å². The van der Waals surface area contributed by atoms with Crippen LogP contribution in [0.2, 0.25) is 0 Å². The smallest absolute Gasteiger partial charge is 0.0555 e. The monoisotopic (exact) mass is 312 g/mol. The maximum Gasteiger partial charge on any atom is 0.0555 e. The highest BCUT2D eigenvalue weighted by Crippen LogP contribution is 2.37. The summed E-state index contributed by atoms with van der Waals surface area (Å²) >= 11 is 0. The summed E-state index contributed by atoms with van der Waals surface area (Å²) in [7, 11) is 0. The van der Waals surface area contributed by atoms with Gasteiger partial charge in [0.2, 0.25) is 0 Å². The molecule has 1 aliphatic rings. The van der Waals surface area contributed by atoms with Gasteiger partial charge in [-0.25, -0.2) is 0 Å². The molecule has 0 amide bonds. The number of anilines is 2. The van der Waals surface area contributed by atoms with Crippen molar-refractivity contribution in [3.05, 3.63) is 95.1 Å². The highest BCUT2D eigenvalue weighted by atomic mass is 15.0. The summed E-state index contributed by atoms with van der Waals surface area (Å²) in [5, 5.41) is 3.59. The van der Waals surface area contributed by atoms with E-state index in [0.717, 1.165) is 23.4 Å². The first-order chi connectivity index (χ1) is 11.8. The zero-order valence-electron chi connectivity index (χ0n) is 13.4. The third-order valence-corrected chi connectivity index (χ3v) is 4.52. The lowest BCUT2D eigenvalue weighted by molar-refractivity contribution is 0.824. The molecular weight excluding hydrogens is 292 g/mol. The molecule has 0 spiro atoms. The van der Waals surface area contributed by atoms with Crippen LogP contribution >= 0.6 is 0 Å². The lowest BCUT2D eigenvalue weighted by Gasteiger charge is -2.11. The van der Waals surface area contributed by atoms with E-state index in [4.69, 9.17) is 5.73 Å². The summed E-state index contributed by atoms with van der Waals surface area (Å²) in [4.78, 5) is 0. The lowest BCUT2D eigenvalue weighted by Crippen LogP contribution is -2.04. The quantitative estimate of drug-likeness (QED) is 0.518. The Morgan fingerprint density at radius 3 is 2.33 bits per heavy atom. The van der Waals surface area contributed by atoms with E-state index in [0.29, 0.717) is 6.04 Å². The Morgan fingerprint density at radius 1 is 0.875 bits per heavy atom. The molecular formula is C22H20N2. The standard InChI is InChI=1S/C22H20N2/c23-20-15-22-19(14-21(24-22)17-9-5-2-6-10-17)13-18(20)12-11-16-7-3-1-4-8-16/h1-13,15,21,24H,14,23H2/b12-11+/t21-/m1/s1. The van der Waals surface area contributed by atoms with Gasteiger partial charge >= 0.3 is 0 Å². The largest absolute Gasteiger partial charge is 0.398 e. The van der Waals surface area contributed by atoms with E-state index >= 15 is 0 Å². The van der Waals surface area contributed by atoms with Gasteiger partial charge in [-0.05, 0) is 40.8 Å². The van der Waals surface area contributed by atoms with Gasteiger partial charge in [0.1, 0.15) is 0 Å². The molecule has 3 aromatic rings. The van der Waals surface area contributed by atoms with Gasteiger partial charge in [-0.2, -0.15) is 0 Å². The van der Waals surface area contributed by atoms with Gasteiger partial charge in [0.25, 0.3) is 0 Å². The Balaban J connectivity index is 1.60. The molecule has 0 bridgehead atoms. The Morgan fingerprint density at radius 2 is 1.58 bits per heavy atom. The van der Waals surface area contributed by atoms with Gasteiger partial charge < -0.3 is 11.1 Å². The van der Waals surface area contributed by atoms with Crippen molar-refractivity contribution in [2.45, 2.75) is 12.5 Å². The lowest BCUT2D eigenvalue weighted by atomic mass is 10.0. The Kier molecular flexibility index (Phi) is 3.80. The molecule has 1 atom stereocenters. The van der Waals surface area contributed by atoms with E-state index in [1.165, 1.54) is 16.7 Å². The van der Waals surface area contributed by atoms with E-state index in [9.17, 15) is 0 Å². The van der Waals surface area contributed by atoms with E-state index in [1.807, 2.05) is 18.2 Å². The molecule has 1 aliphatic heterocycles. The average molecular weight is 312 g/mol. The van der Waals surface area contributed by atoms with Crippen LogP contribution in [0.15, 0.2) is 72.8 Å². The second-order valence-electron chi connectivity index (χ2n) is 6.19. The molecule has 4 rings (SSSR count). The fourth-order valence-corrected chi connectivity index (χ4v) is 3.22. The fourth-order valence-electron chi connectivity index (χ4n) is 3.22. The van der Waals surface area contributed by atoms with Gasteiger partial charge in [0.05, 0.1) is 6.04 Å². The first-order valence-corrected chi connectivity index (χ1v) is 8.26. The maximum atomic E-state index is 6.25. The minimum absolute atomic E-state index is 0.328. The van der Waals surface area contributed by atoms with Crippen LogP contribution in [0.1, 0.15) is 28.3 Å². The molecule has 2 nitrogen and oxygen atoms in total. The zero-order valence-corrected chi connectivity index (χ0v) is 13.4. The number of fused-ring (bicyclic) bond motifs is 1. The molecule has 1 heterocycles. The third-order valence-electron chi connectivity index (χ3n) is 4.52. The number of hydrogen-bond acceptors (Lipinski definition) is 2. The van der Waals surface area contributed by atoms with Crippen LogP contribution in [0.4, 0.5) is 11.4 Å². The van der Waals surface area contributed by atoms with Gasteiger partial charge in [0, 0.05) is 11.4 Å². The minimum atomic E-state index is 0.328. The Labute approximate surface area is 142 Å². The van der Waals surface area contributed by atoms with Crippen molar-refractivity contribution in [2.24, 2.45) is 0 Å². The van der Waals surface area contributed by atoms with Crippen LogP contribution in [0.5, 0.6) is 0 Å². The highest BCUT2D eigenvalue weighted by molar-refractivity contribution is 5.79. The third kappa shape index (κ3) is 2.91. The average Bonchev–Trinajstić information content (AvgIpc) is 3.04. The second kappa shape index (κ2) is 6.25. The molecule has 0 aromatic heterocycles. The van der Waals surface area contributed by atoms with Crippen molar-refractivity contribution in [2.75, 3.05) is 11.1 Å². The fraction of sp³-hybridized carbons (Fsp3) is 0.0909. The van der Waals surface area contributed by atoms with Gasteiger partial charge in [-0.3, -0.25) is 0 Å². The molecule has 3 N–H and O–H groups in total.